The Balaban J connectivity index is 1.77. The average Bonchev–Trinajstić information content (AvgIpc) is 3.17. The van der Waals surface area contributed by atoms with E-state index in [4.69, 9.17) is 11.6 Å². The summed E-state index contributed by atoms with van der Waals surface area (Å²) in [6, 6.07) is 6.41. The summed E-state index contributed by atoms with van der Waals surface area (Å²) in [5.41, 5.74) is 1.19. The largest absolute Gasteiger partial charge is 0.351 e. The van der Waals surface area contributed by atoms with Crippen molar-refractivity contribution in [3.63, 3.8) is 0 Å². The van der Waals surface area contributed by atoms with Gasteiger partial charge in [0.1, 0.15) is 5.82 Å². The number of thiophene rings is 1. The van der Waals surface area contributed by atoms with E-state index in [0.717, 1.165) is 25.7 Å². The number of hydrogen-bond acceptors (Lipinski definition) is 2. The van der Waals surface area contributed by atoms with Crippen LogP contribution in [0.1, 0.15) is 41.6 Å². The molecule has 0 spiro atoms. The SMILES string of the molecule is O=C(NCC1(c2ccsc2)CCCC1)c1c(F)cccc1Cl. The summed E-state index contributed by atoms with van der Waals surface area (Å²) in [6.45, 7) is 0.521. The highest BCUT2D eigenvalue weighted by Crippen LogP contribution is 2.41. The smallest absolute Gasteiger partial charge is 0.255 e. The maximum atomic E-state index is 13.8. The van der Waals surface area contributed by atoms with Crippen molar-refractivity contribution >= 4 is 28.8 Å². The maximum absolute atomic E-state index is 13.8. The Labute approximate surface area is 138 Å². The summed E-state index contributed by atoms with van der Waals surface area (Å²) in [4.78, 5) is 12.3. The topological polar surface area (TPSA) is 29.1 Å². The zero-order valence-corrected chi connectivity index (χ0v) is 13.6. The van der Waals surface area contributed by atoms with Crippen LogP contribution in [0.5, 0.6) is 0 Å². The lowest BCUT2D eigenvalue weighted by Gasteiger charge is -2.28. The van der Waals surface area contributed by atoms with Crippen LogP contribution in [-0.2, 0) is 5.41 Å². The highest BCUT2D eigenvalue weighted by molar-refractivity contribution is 7.08. The summed E-state index contributed by atoms with van der Waals surface area (Å²) >= 11 is 7.62. The van der Waals surface area contributed by atoms with Crippen LogP contribution in [0.4, 0.5) is 4.39 Å². The highest BCUT2D eigenvalue weighted by atomic mass is 35.5. The van der Waals surface area contributed by atoms with Gasteiger partial charge in [-0.2, -0.15) is 11.3 Å². The van der Waals surface area contributed by atoms with Crippen LogP contribution in [0.25, 0.3) is 0 Å². The molecule has 116 valence electrons. The monoisotopic (exact) mass is 337 g/mol. The van der Waals surface area contributed by atoms with Crippen molar-refractivity contribution in [1.82, 2.24) is 5.32 Å². The van der Waals surface area contributed by atoms with Gasteiger partial charge >= 0.3 is 0 Å². The molecule has 1 aliphatic rings. The van der Waals surface area contributed by atoms with E-state index >= 15 is 0 Å². The van der Waals surface area contributed by atoms with E-state index < -0.39 is 11.7 Å². The predicted octanol–water partition coefficient (Wildman–Crippen LogP) is 4.78. The van der Waals surface area contributed by atoms with Crippen LogP contribution in [-0.4, -0.2) is 12.5 Å². The molecule has 1 aromatic carbocycles. The Bertz CT molecular complexity index is 645. The number of hydrogen-bond donors (Lipinski definition) is 1. The van der Waals surface area contributed by atoms with E-state index in [9.17, 15) is 9.18 Å². The van der Waals surface area contributed by atoms with Crippen molar-refractivity contribution in [2.45, 2.75) is 31.1 Å². The zero-order valence-electron chi connectivity index (χ0n) is 12.1. The van der Waals surface area contributed by atoms with Gasteiger partial charge in [-0.25, -0.2) is 4.39 Å². The number of carbonyl (C=O) groups is 1. The molecule has 2 nitrogen and oxygen atoms in total. The Kier molecular flexibility index (Phi) is 4.50. The van der Waals surface area contributed by atoms with Crippen molar-refractivity contribution in [1.29, 1.82) is 0 Å². The quantitative estimate of drug-likeness (QED) is 0.854. The van der Waals surface area contributed by atoms with Crippen LogP contribution in [0.3, 0.4) is 0 Å². The maximum Gasteiger partial charge on any atom is 0.255 e. The third-order valence-corrected chi connectivity index (χ3v) is 5.47. The molecular formula is C17H17ClFNOS. The van der Waals surface area contributed by atoms with Crippen molar-refractivity contribution in [3.8, 4) is 0 Å². The standard InChI is InChI=1S/C17H17ClFNOS/c18-13-4-3-5-14(19)15(13)16(21)20-11-17(7-1-2-8-17)12-6-9-22-10-12/h3-6,9-10H,1-2,7-8,11H2,(H,20,21). The van der Waals surface area contributed by atoms with Gasteiger partial charge in [-0.1, -0.05) is 30.5 Å². The molecule has 1 aliphatic carbocycles. The van der Waals surface area contributed by atoms with Gasteiger partial charge in [0.05, 0.1) is 10.6 Å². The number of halogens is 2. The minimum absolute atomic E-state index is 0.0204. The van der Waals surface area contributed by atoms with Crippen LogP contribution in [0.2, 0.25) is 5.02 Å². The summed E-state index contributed by atoms with van der Waals surface area (Å²) in [5, 5.41) is 7.25. The second-order valence-corrected chi connectivity index (χ2v) is 6.97. The van der Waals surface area contributed by atoms with Gasteiger partial charge in [0.25, 0.3) is 5.91 Å². The predicted molar refractivity (Wildman–Crippen MR) is 88.2 cm³/mol. The number of carbonyl (C=O) groups excluding carboxylic acids is 1. The molecule has 22 heavy (non-hydrogen) atoms. The summed E-state index contributed by atoms with van der Waals surface area (Å²) in [6.07, 6.45) is 4.42. The number of nitrogens with one attached hydrogen (secondary N) is 1. The van der Waals surface area contributed by atoms with Crippen molar-refractivity contribution < 1.29 is 9.18 Å². The first-order chi connectivity index (χ1) is 10.6. The van der Waals surface area contributed by atoms with Gasteiger partial charge < -0.3 is 5.32 Å². The Hall–Kier alpha value is -1.39. The van der Waals surface area contributed by atoms with Crippen molar-refractivity contribution in [2.24, 2.45) is 0 Å². The first kappa shape index (κ1) is 15.5. The van der Waals surface area contributed by atoms with E-state index in [-0.39, 0.29) is 16.0 Å². The highest BCUT2D eigenvalue weighted by Gasteiger charge is 2.36. The third kappa shape index (κ3) is 2.90. The average molecular weight is 338 g/mol. The Morgan fingerprint density at radius 2 is 2.09 bits per heavy atom. The zero-order chi connectivity index (χ0) is 15.6. The summed E-state index contributed by atoms with van der Waals surface area (Å²) in [5.74, 6) is -1.02. The van der Waals surface area contributed by atoms with Crippen molar-refractivity contribution in [3.05, 3.63) is 57.0 Å². The Morgan fingerprint density at radius 1 is 1.32 bits per heavy atom. The Morgan fingerprint density at radius 3 is 2.73 bits per heavy atom. The summed E-state index contributed by atoms with van der Waals surface area (Å²) < 4.78 is 13.8. The van der Waals surface area contributed by atoms with E-state index in [1.807, 2.05) is 0 Å². The van der Waals surface area contributed by atoms with Gasteiger partial charge in [0, 0.05) is 12.0 Å². The fourth-order valence-electron chi connectivity index (χ4n) is 3.24. The molecule has 2 aromatic rings. The second-order valence-electron chi connectivity index (χ2n) is 5.78. The molecule has 1 amide bonds. The molecule has 0 atom stereocenters. The molecule has 1 aromatic heterocycles. The molecule has 0 saturated heterocycles. The minimum Gasteiger partial charge on any atom is -0.351 e. The number of rotatable bonds is 4. The van der Waals surface area contributed by atoms with Crippen LogP contribution < -0.4 is 5.32 Å². The molecule has 1 heterocycles. The molecule has 3 rings (SSSR count). The van der Waals surface area contributed by atoms with Gasteiger partial charge in [-0.3, -0.25) is 4.79 Å². The van der Waals surface area contributed by atoms with E-state index in [0.29, 0.717) is 6.54 Å². The summed E-state index contributed by atoms with van der Waals surface area (Å²) in [7, 11) is 0. The minimum atomic E-state index is -0.582. The van der Waals surface area contributed by atoms with E-state index in [1.54, 1.807) is 11.3 Å². The molecule has 0 unspecified atom stereocenters. The van der Waals surface area contributed by atoms with Crippen LogP contribution >= 0.6 is 22.9 Å². The first-order valence-electron chi connectivity index (χ1n) is 7.37. The lowest BCUT2D eigenvalue weighted by Crippen LogP contribution is -2.39. The third-order valence-electron chi connectivity index (χ3n) is 4.47. The van der Waals surface area contributed by atoms with E-state index in [2.05, 4.69) is 22.1 Å². The molecule has 0 bridgehead atoms. The van der Waals surface area contributed by atoms with Crippen LogP contribution in [0.15, 0.2) is 35.0 Å². The van der Waals surface area contributed by atoms with Crippen LogP contribution in [0, 0.1) is 5.82 Å². The molecule has 1 fully saturated rings. The first-order valence-corrected chi connectivity index (χ1v) is 8.69. The molecule has 1 N–H and O–H groups in total. The molecule has 0 radical (unpaired) electrons. The molecular weight excluding hydrogens is 321 g/mol. The van der Waals surface area contributed by atoms with E-state index in [1.165, 1.54) is 23.8 Å². The van der Waals surface area contributed by atoms with Gasteiger partial charge in [0.15, 0.2) is 0 Å². The molecule has 5 heteroatoms. The molecule has 1 saturated carbocycles. The van der Waals surface area contributed by atoms with Gasteiger partial charge in [-0.15, -0.1) is 0 Å². The lowest BCUT2D eigenvalue weighted by molar-refractivity contribution is 0.0939. The number of amides is 1. The number of benzene rings is 1. The normalized spacial score (nSPS) is 16.6. The van der Waals surface area contributed by atoms with Gasteiger partial charge in [-0.05, 0) is 47.4 Å². The lowest BCUT2D eigenvalue weighted by atomic mass is 9.80. The molecule has 0 aliphatic heterocycles. The fraction of sp³-hybridized carbons (Fsp3) is 0.353. The van der Waals surface area contributed by atoms with Crippen molar-refractivity contribution in [2.75, 3.05) is 6.54 Å². The fourth-order valence-corrected chi connectivity index (χ4v) is 4.27. The second kappa shape index (κ2) is 6.39. The van der Waals surface area contributed by atoms with Gasteiger partial charge in [0.2, 0.25) is 0 Å².